The minimum Gasteiger partial charge on any atom is -0.355 e. The maximum atomic E-state index is 12.0. The maximum absolute atomic E-state index is 12.0. The highest BCUT2D eigenvalue weighted by Crippen LogP contribution is 2.61. The molecular formula is C17H30N2O3S. The Morgan fingerprint density at radius 1 is 1.17 bits per heavy atom. The average Bonchev–Trinajstić information content (AvgIpc) is 2.42. The third-order valence-corrected chi connectivity index (χ3v) is 7.23. The number of amides is 1. The molecule has 1 unspecified atom stereocenters. The summed E-state index contributed by atoms with van der Waals surface area (Å²) in [5.74, 6) is 2.53. The van der Waals surface area contributed by atoms with Crippen LogP contribution in [-0.2, 0) is 14.6 Å². The van der Waals surface area contributed by atoms with Crippen molar-refractivity contribution in [3.63, 3.8) is 0 Å². The molecule has 0 aromatic heterocycles. The van der Waals surface area contributed by atoms with Gasteiger partial charge in [-0.2, -0.15) is 0 Å². The molecular weight excluding hydrogens is 312 g/mol. The van der Waals surface area contributed by atoms with Crippen molar-refractivity contribution >= 4 is 15.7 Å². The Morgan fingerprint density at radius 3 is 2.17 bits per heavy atom. The molecule has 4 fully saturated rings. The smallest absolute Gasteiger partial charge is 0.236 e. The molecule has 132 valence electrons. The van der Waals surface area contributed by atoms with Gasteiger partial charge in [0.1, 0.15) is 9.84 Å². The Labute approximate surface area is 139 Å². The van der Waals surface area contributed by atoms with Crippen molar-refractivity contribution in [1.29, 1.82) is 0 Å². The van der Waals surface area contributed by atoms with Crippen LogP contribution >= 0.6 is 0 Å². The molecule has 1 atom stereocenters. The fourth-order valence-electron chi connectivity index (χ4n) is 5.65. The first kappa shape index (κ1) is 17.2. The van der Waals surface area contributed by atoms with Crippen LogP contribution in [-0.4, -0.2) is 38.9 Å². The zero-order valence-electron chi connectivity index (χ0n) is 14.1. The standard InChI is InChI=1S/C17H30N2O3S/c1-23(21,22)5-2-15(18)16(20)19-4-3-17-9-12-6-13(10-17)8-14(7-12)11-17/h12-15H,2-11,18H2,1H3,(H,19,20). The molecule has 4 aliphatic carbocycles. The highest BCUT2D eigenvalue weighted by atomic mass is 32.2. The topological polar surface area (TPSA) is 89.3 Å². The molecule has 0 aliphatic heterocycles. The second kappa shape index (κ2) is 6.36. The molecule has 4 aliphatic rings. The van der Waals surface area contributed by atoms with Crippen molar-refractivity contribution < 1.29 is 13.2 Å². The van der Waals surface area contributed by atoms with E-state index in [4.69, 9.17) is 5.73 Å². The second-order valence-electron chi connectivity index (χ2n) is 8.48. The predicted octanol–water partition coefficient (Wildman–Crippen LogP) is 1.47. The van der Waals surface area contributed by atoms with Gasteiger partial charge in [-0.25, -0.2) is 8.42 Å². The van der Waals surface area contributed by atoms with E-state index in [0.717, 1.165) is 24.2 Å². The van der Waals surface area contributed by atoms with Crippen molar-refractivity contribution in [3.05, 3.63) is 0 Å². The van der Waals surface area contributed by atoms with Crippen molar-refractivity contribution in [2.75, 3.05) is 18.6 Å². The Morgan fingerprint density at radius 2 is 1.70 bits per heavy atom. The summed E-state index contributed by atoms with van der Waals surface area (Å²) in [4.78, 5) is 12.0. The second-order valence-corrected chi connectivity index (χ2v) is 10.7. The van der Waals surface area contributed by atoms with Gasteiger partial charge < -0.3 is 11.1 Å². The van der Waals surface area contributed by atoms with Crippen LogP contribution in [0.5, 0.6) is 0 Å². The van der Waals surface area contributed by atoms with E-state index in [1.807, 2.05) is 0 Å². The molecule has 0 spiro atoms. The van der Waals surface area contributed by atoms with Gasteiger partial charge in [0.2, 0.25) is 5.91 Å². The lowest BCUT2D eigenvalue weighted by molar-refractivity contribution is -0.122. The van der Waals surface area contributed by atoms with Gasteiger partial charge in [0.05, 0.1) is 11.8 Å². The lowest BCUT2D eigenvalue weighted by Gasteiger charge is -2.57. The van der Waals surface area contributed by atoms with Crippen molar-refractivity contribution in [1.82, 2.24) is 5.32 Å². The summed E-state index contributed by atoms with van der Waals surface area (Å²) in [7, 11) is -3.06. The zero-order chi connectivity index (χ0) is 16.7. The van der Waals surface area contributed by atoms with Crippen LogP contribution in [0.4, 0.5) is 0 Å². The van der Waals surface area contributed by atoms with Crippen molar-refractivity contribution in [2.45, 2.75) is 57.4 Å². The van der Waals surface area contributed by atoms with Gasteiger partial charge in [0.25, 0.3) is 0 Å². The summed E-state index contributed by atoms with van der Waals surface area (Å²) in [5.41, 5.74) is 6.25. The lowest BCUT2D eigenvalue weighted by Crippen LogP contribution is -2.48. The molecule has 4 rings (SSSR count). The van der Waals surface area contributed by atoms with Gasteiger partial charge >= 0.3 is 0 Å². The first-order valence-corrected chi connectivity index (χ1v) is 11.0. The minimum absolute atomic E-state index is 0.0312. The third kappa shape index (κ3) is 4.27. The minimum atomic E-state index is -3.06. The summed E-state index contributed by atoms with van der Waals surface area (Å²) in [6, 6.07) is -0.721. The molecule has 0 aromatic rings. The molecule has 0 radical (unpaired) electrons. The highest BCUT2D eigenvalue weighted by molar-refractivity contribution is 7.90. The Bertz CT molecular complexity index is 523. The first-order chi connectivity index (χ1) is 10.7. The van der Waals surface area contributed by atoms with E-state index in [0.29, 0.717) is 12.0 Å². The Balaban J connectivity index is 1.43. The van der Waals surface area contributed by atoms with Crippen LogP contribution in [0.3, 0.4) is 0 Å². The molecule has 1 amide bonds. The lowest BCUT2D eigenvalue weighted by atomic mass is 9.49. The van der Waals surface area contributed by atoms with Gasteiger partial charge in [-0.05, 0) is 74.5 Å². The van der Waals surface area contributed by atoms with Gasteiger partial charge in [0.15, 0.2) is 0 Å². The normalized spacial score (nSPS) is 36.9. The van der Waals surface area contributed by atoms with Gasteiger partial charge in [-0.15, -0.1) is 0 Å². The quantitative estimate of drug-likeness (QED) is 0.733. The number of hydrogen-bond acceptors (Lipinski definition) is 4. The molecule has 6 heteroatoms. The monoisotopic (exact) mass is 342 g/mol. The zero-order valence-corrected chi connectivity index (χ0v) is 14.9. The van der Waals surface area contributed by atoms with E-state index in [2.05, 4.69) is 5.32 Å². The number of carbonyl (C=O) groups is 1. The molecule has 0 saturated heterocycles. The SMILES string of the molecule is CS(=O)(=O)CCC(N)C(=O)NCCC12CC3CC(CC(C3)C1)C2. The first-order valence-electron chi connectivity index (χ1n) is 8.96. The van der Waals surface area contributed by atoms with Crippen LogP contribution < -0.4 is 11.1 Å². The predicted molar refractivity (Wildman–Crippen MR) is 90.5 cm³/mol. The maximum Gasteiger partial charge on any atom is 0.236 e. The van der Waals surface area contributed by atoms with E-state index in [9.17, 15) is 13.2 Å². The number of carbonyl (C=O) groups excluding carboxylic acids is 1. The number of nitrogens with one attached hydrogen (secondary N) is 1. The highest BCUT2D eigenvalue weighted by Gasteiger charge is 2.50. The van der Waals surface area contributed by atoms with Gasteiger partial charge in [-0.3, -0.25) is 4.79 Å². The molecule has 4 bridgehead atoms. The van der Waals surface area contributed by atoms with E-state index < -0.39 is 15.9 Å². The molecule has 3 N–H and O–H groups in total. The summed E-state index contributed by atoms with van der Waals surface area (Å²) < 4.78 is 22.3. The number of hydrogen-bond donors (Lipinski definition) is 2. The number of sulfone groups is 1. The number of rotatable bonds is 7. The van der Waals surface area contributed by atoms with Crippen LogP contribution in [0, 0.1) is 23.2 Å². The summed E-state index contributed by atoms with van der Waals surface area (Å²) in [6.07, 6.45) is 10.7. The Kier molecular flexibility index (Phi) is 4.76. The fraction of sp³-hybridized carbons (Fsp3) is 0.941. The van der Waals surface area contributed by atoms with E-state index in [1.165, 1.54) is 44.8 Å². The fourth-order valence-corrected chi connectivity index (χ4v) is 6.33. The molecule has 4 saturated carbocycles. The summed E-state index contributed by atoms with van der Waals surface area (Å²) in [5, 5.41) is 2.93. The van der Waals surface area contributed by atoms with Crippen LogP contribution in [0.1, 0.15) is 51.4 Å². The largest absolute Gasteiger partial charge is 0.355 e. The molecule has 23 heavy (non-hydrogen) atoms. The Hall–Kier alpha value is -0.620. The van der Waals surface area contributed by atoms with Crippen molar-refractivity contribution in [2.24, 2.45) is 28.9 Å². The van der Waals surface area contributed by atoms with Gasteiger partial charge in [0, 0.05) is 12.8 Å². The summed E-state index contributed by atoms with van der Waals surface area (Å²) in [6.45, 7) is 0.678. The van der Waals surface area contributed by atoms with Crippen LogP contribution in [0.15, 0.2) is 0 Å². The molecule has 5 nitrogen and oxygen atoms in total. The third-order valence-electron chi connectivity index (χ3n) is 6.26. The van der Waals surface area contributed by atoms with E-state index >= 15 is 0 Å². The van der Waals surface area contributed by atoms with Crippen molar-refractivity contribution in [3.8, 4) is 0 Å². The average molecular weight is 343 g/mol. The van der Waals surface area contributed by atoms with Crippen LogP contribution in [0.2, 0.25) is 0 Å². The van der Waals surface area contributed by atoms with E-state index in [1.54, 1.807) is 0 Å². The van der Waals surface area contributed by atoms with Crippen LogP contribution in [0.25, 0.3) is 0 Å². The summed E-state index contributed by atoms with van der Waals surface area (Å²) >= 11 is 0. The molecule has 0 heterocycles. The number of nitrogens with two attached hydrogens (primary N) is 1. The molecule has 0 aromatic carbocycles. The van der Waals surface area contributed by atoms with Gasteiger partial charge in [-0.1, -0.05) is 0 Å². The van der Waals surface area contributed by atoms with E-state index in [-0.39, 0.29) is 18.1 Å².